The molecule has 1 N–H and O–H groups in total. The molecule has 0 aliphatic carbocycles. The van der Waals surface area contributed by atoms with Crippen LogP contribution in [0.3, 0.4) is 0 Å². The quantitative estimate of drug-likeness (QED) is 0.345. The van der Waals surface area contributed by atoms with Gasteiger partial charge in [-0.3, -0.25) is 14.8 Å². The van der Waals surface area contributed by atoms with Gasteiger partial charge >= 0.3 is 0 Å². The first-order valence-corrected chi connectivity index (χ1v) is 11.1. The lowest BCUT2D eigenvalue weighted by Crippen LogP contribution is -2.48. The molecule has 3 saturated heterocycles. The monoisotopic (exact) mass is 547 g/mol. The van der Waals surface area contributed by atoms with Crippen molar-refractivity contribution in [2.45, 2.75) is 18.5 Å². The first-order chi connectivity index (χ1) is 14.7. The second kappa shape index (κ2) is 12.3. The van der Waals surface area contributed by atoms with Gasteiger partial charge in [0.1, 0.15) is 5.82 Å². The van der Waals surface area contributed by atoms with Gasteiger partial charge in [0, 0.05) is 58.9 Å². The van der Waals surface area contributed by atoms with Crippen LogP contribution in [-0.2, 0) is 9.47 Å². The van der Waals surface area contributed by atoms with E-state index in [-0.39, 0.29) is 35.8 Å². The minimum absolute atomic E-state index is 0. The maximum absolute atomic E-state index is 13.9. The predicted octanol–water partition coefficient (Wildman–Crippen LogP) is 1.80. The average Bonchev–Trinajstić information content (AvgIpc) is 3.28. The second-order valence-corrected chi connectivity index (χ2v) is 8.18. The van der Waals surface area contributed by atoms with Crippen LogP contribution >= 0.6 is 24.0 Å². The lowest BCUT2D eigenvalue weighted by atomic mass is 10.0. The zero-order valence-corrected chi connectivity index (χ0v) is 20.7. The van der Waals surface area contributed by atoms with Crippen LogP contribution in [0, 0.1) is 5.82 Å². The molecular weight excluding hydrogens is 512 g/mol. The fourth-order valence-electron chi connectivity index (χ4n) is 4.76. The molecule has 1 aromatic carbocycles. The second-order valence-electron chi connectivity index (χ2n) is 8.18. The van der Waals surface area contributed by atoms with Gasteiger partial charge < -0.3 is 19.7 Å². The first kappa shape index (κ1) is 24.6. The van der Waals surface area contributed by atoms with Gasteiger partial charge in [0.25, 0.3) is 0 Å². The third kappa shape index (κ3) is 6.50. The van der Waals surface area contributed by atoms with Crippen LogP contribution in [0.15, 0.2) is 29.3 Å². The molecule has 31 heavy (non-hydrogen) atoms. The molecule has 1 aromatic rings. The van der Waals surface area contributed by atoms with Crippen molar-refractivity contribution >= 4 is 29.9 Å². The van der Waals surface area contributed by atoms with E-state index in [1.54, 1.807) is 12.1 Å². The number of ether oxygens (including phenoxy) is 2. The van der Waals surface area contributed by atoms with Crippen molar-refractivity contribution in [1.29, 1.82) is 0 Å². The van der Waals surface area contributed by atoms with Crippen molar-refractivity contribution < 1.29 is 13.9 Å². The molecule has 3 fully saturated rings. The fourth-order valence-corrected chi connectivity index (χ4v) is 4.76. The Morgan fingerprint density at radius 2 is 1.84 bits per heavy atom. The molecule has 9 heteroatoms. The summed E-state index contributed by atoms with van der Waals surface area (Å²) in [6, 6.07) is 7.60. The molecule has 0 bridgehead atoms. The van der Waals surface area contributed by atoms with Crippen molar-refractivity contribution in [2.24, 2.45) is 4.99 Å². The predicted molar refractivity (Wildman–Crippen MR) is 131 cm³/mol. The van der Waals surface area contributed by atoms with Crippen LogP contribution in [0.4, 0.5) is 4.39 Å². The number of nitrogens with one attached hydrogen (secondary N) is 1. The van der Waals surface area contributed by atoms with Crippen molar-refractivity contribution in [2.75, 3.05) is 79.3 Å². The Bertz CT molecular complexity index is 713. The minimum Gasteiger partial charge on any atom is -0.379 e. The van der Waals surface area contributed by atoms with Gasteiger partial charge in [0.2, 0.25) is 0 Å². The van der Waals surface area contributed by atoms with E-state index in [2.05, 4.69) is 25.0 Å². The normalized spacial score (nSPS) is 24.6. The molecule has 3 heterocycles. The molecule has 4 rings (SSSR count). The first-order valence-electron chi connectivity index (χ1n) is 11.1. The number of hydrogen-bond acceptors (Lipinski definition) is 5. The van der Waals surface area contributed by atoms with E-state index in [0.29, 0.717) is 25.8 Å². The Morgan fingerprint density at radius 3 is 2.52 bits per heavy atom. The highest BCUT2D eigenvalue weighted by Gasteiger charge is 2.31. The van der Waals surface area contributed by atoms with Crippen molar-refractivity contribution in [3.05, 3.63) is 35.6 Å². The van der Waals surface area contributed by atoms with Crippen LogP contribution in [0.2, 0.25) is 0 Å². The molecule has 0 aromatic heterocycles. The van der Waals surface area contributed by atoms with E-state index in [1.807, 2.05) is 13.1 Å². The van der Waals surface area contributed by atoms with Gasteiger partial charge in [-0.15, -0.1) is 24.0 Å². The van der Waals surface area contributed by atoms with Gasteiger partial charge in [-0.05, 0) is 24.1 Å². The van der Waals surface area contributed by atoms with Crippen molar-refractivity contribution in [3.8, 4) is 0 Å². The lowest BCUT2D eigenvalue weighted by molar-refractivity contribution is 0.0167. The minimum atomic E-state index is -0.192. The summed E-state index contributed by atoms with van der Waals surface area (Å²) in [6.07, 6.45) is 1.15. The molecule has 174 valence electrons. The fraction of sp³-hybridized carbons (Fsp3) is 0.682. The molecule has 0 saturated carbocycles. The highest BCUT2D eigenvalue weighted by Crippen LogP contribution is 2.23. The number of nitrogens with zero attached hydrogens (tertiary/aromatic N) is 4. The van der Waals surface area contributed by atoms with Gasteiger partial charge in [-0.1, -0.05) is 12.1 Å². The van der Waals surface area contributed by atoms with E-state index < -0.39 is 0 Å². The Morgan fingerprint density at radius 1 is 1.13 bits per heavy atom. The third-order valence-electron chi connectivity index (χ3n) is 6.41. The van der Waals surface area contributed by atoms with Gasteiger partial charge in [0.15, 0.2) is 5.96 Å². The Hall–Kier alpha value is -1.01. The van der Waals surface area contributed by atoms with Crippen LogP contribution in [0.5, 0.6) is 0 Å². The maximum Gasteiger partial charge on any atom is 0.193 e. The summed E-state index contributed by atoms with van der Waals surface area (Å²) in [5, 5.41) is 3.58. The van der Waals surface area contributed by atoms with Crippen molar-refractivity contribution in [3.63, 3.8) is 0 Å². The summed E-state index contributed by atoms with van der Waals surface area (Å²) < 4.78 is 24.9. The number of halogens is 2. The van der Waals surface area contributed by atoms with Crippen LogP contribution < -0.4 is 5.32 Å². The summed E-state index contributed by atoms with van der Waals surface area (Å²) >= 11 is 0. The smallest absolute Gasteiger partial charge is 0.193 e. The maximum atomic E-state index is 13.9. The summed E-state index contributed by atoms with van der Waals surface area (Å²) in [6.45, 7) is 9.51. The molecule has 0 amide bonds. The molecule has 2 unspecified atom stereocenters. The lowest BCUT2D eigenvalue weighted by Gasteiger charge is -2.36. The van der Waals surface area contributed by atoms with E-state index in [4.69, 9.17) is 9.47 Å². The zero-order valence-electron chi connectivity index (χ0n) is 18.3. The number of aliphatic imine (C=N–C) groups is 1. The van der Waals surface area contributed by atoms with E-state index in [0.717, 1.165) is 70.4 Å². The van der Waals surface area contributed by atoms with Gasteiger partial charge in [0.05, 0.1) is 32.5 Å². The molecule has 0 spiro atoms. The van der Waals surface area contributed by atoms with Crippen LogP contribution in [0.1, 0.15) is 18.0 Å². The average molecular weight is 547 g/mol. The molecule has 7 nitrogen and oxygen atoms in total. The van der Waals surface area contributed by atoms with Crippen LogP contribution in [0.25, 0.3) is 0 Å². The molecule has 0 radical (unpaired) electrons. The van der Waals surface area contributed by atoms with E-state index >= 15 is 0 Å². The molecule has 3 aliphatic heterocycles. The summed E-state index contributed by atoms with van der Waals surface area (Å²) in [5.74, 6) is 0.739. The summed E-state index contributed by atoms with van der Waals surface area (Å²) in [5.41, 5.74) is 0.993. The highest BCUT2D eigenvalue weighted by molar-refractivity contribution is 14.0. The summed E-state index contributed by atoms with van der Waals surface area (Å²) in [7, 11) is 1.84. The Balaban J connectivity index is 0.00000272. The SMILES string of the molecule is CN=C(NCC(c1cccc(F)c1)N1CCOCC1)N1CCC(N2CCOCC2)C1.I. The number of rotatable bonds is 5. The number of benzene rings is 1. The third-order valence-corrected chi connectivity index (χ3v) is 6.41. The largest absolute Gasteiger partial charge is 0.379 e. The molecule has 2 atom stereocenters. The van der Waals surface area contributed by atoms with Crippen molar-refractivity contribution in [1.82, 2.24) is 20.0 Å². The van der Waals surface area contributed by atoms with Gasteiger partial charge in [-0.2, -0.15) is 0 Å². The summed E-state index contributed by atoms with van der Waals surface area (Å²) in [4.78, 5) is 11.8. The molecular formula is C22H35FIN5O2. The zero-order chi connectivity index (χ0) is 20.8. The Labute approximate surface area is 202 Å². The number of morpholine rings is 2. The number of hydrogen-bond donors (Lipinski definition) is 1. The van der Waals surface area contributed by atoms with E-state index in [9.17, 15) is 4.39 Å². The highest BCUT2D eigenvalue weighted by atomic mass is 127. The Kier molecular flexibility index (Phi) is 9.76. The topological polar surface area (TPSA) is 52.6 Å². The standard InChI is InChI=1S/C22H34FN5O2.HI/c1-24-22(28-6-5-20(17-28)26-7-11-29-12-8-26)25-16-21(27-9-13-30-14-10-27)18-3-2-4-19(23)15-18;/h2-4,15,20-21H,5-14,16-17H2,1H3,(H,24,25);1H. The molecule has 3 aliphatic rings. The van der Waals surface area contributed by atoms with Gasteiger partial charge in [-0.25, -0.2) is 4.39 Å². The van der Waals surface area contributed by atoms with E-state index in [1.165, 1.54) is 6.07 Å². The number of guanidine groups is 1. The number of likely N-dealkylation sites (tertiary alicyclic amines) is 1. The van der Waals surface area contributed by atoms with Crippen LogP contribution in [-0.4, -0.2) is 106 Å².